The van der Waals surface area contributed by atoms with Gasteiger partial charge in [0.2, 0.25) is 0 Å². The average molecular weight is 419 g/mol. The second-order valence-corrected chi connectivity index (χ2v) is 9.41. The number of sulfone groups is 1. The van der Waals surface area contributed by atoms with E-state index < -0.39 is 9.84 Å². The standard InChI is InChI=1S/C20H19FN2O3S2/c1-3-11-23-17-10-7-15(21)13-18(17)27-20(23)22-19(24)12-14-5-8-16(9-6-14)28(25,26)4-2/h3,5-10,13H,1,4,11-12H2,2H3. The molecule has 5 nitrogen and oxygen atoms in total. The Morgan fingerprint density at radius 1 is 1.25 bits per heavy atom. The van der Waals surface area contributed by atoms with Crippen LogP contribution in [0.1, 0.15) is 12.5 Å². The summed E-state index contributed by atoms with van der Waals surface area (Å²) in [4.78, 5) is 17.3. The van der Waals surface area contributed by atoms with Crippen molar-refractivity contribution in [2.75, 3.05) is 5.75 Å². The summed E-state index contributed by atoms with van der Waals surface area (Å²) in [6, 6.07) is 10.7. The van der Waals surface area contributed by atoms with Crippen LogP contribution in [0.25, 0.3) is 10.2 Å². The van der Waals surface area contributed by atoms with Crippen molar-refractivity contribution in [1.29, 1.82) is 0 Å². The lowest BCUT2D eigenvalue weighted by Gasteiger charge is -2.03. The van der Waals surface area contributed by atoms with Crippen molar-refractivity contribution in [1.82, 2.24) is 4.57 Å². The van der Waals surface area contributed by atoms with Crippen molar-refractivity contribution in [3.05, 3.63) is 71.3 Å². The van der Waals surface area contributed by atoms with Gasteiger partial charge in [-0.2, -0.15) is 4.99 Å². The summed E-state index contributed by atoms with van der Waals surface area (Å²) >= 11 is 1.23. The van der Waals surface area contributed by atoms with Crippen molar-refractivity contribution in [3.8, 4) is 0 Å². The van der Waals surface area contributed by atoms with Crippen molar-refractivity contribution in [3.63, 3.8) is 0 Å². The van der Waals surface area contributed by atoms with E-state index in [1.807, 2.05) is 0 Å². The van der Waals surface area contributed by atoms with Gasteiger partial charge in [-0.05, 0) is 35.9 Å². The first kappa shape index (κ1) is 20.2. The lowest BCUT2D eigenvalue weighted by Crippen LogP contribution is -2.17. The number of benzene rings is 2. The molecule has 28 heavy (non-hydrogen) atoms. The van der Waals surface area contributed by atoms with Crippen LogP contribution in [-0.4, -0.2) is 24.6 Å². The van der Waals surface area contributed by atoms with Gasteiger partial charge in [0.25, 0.3) is 5.91 Å². The predicted molar refractivity (Wildman–Crippen MR) is 108 cm³/mol. The highest BCUT2D eigenvalue weighted by molar-refractivity contribution is 7.91. The number of halogens is 1. The summed E-state index contributed by atoms with van der Waals surface area (Å²) in [6.45, 7) is 5.75. The minimum atomic E-state index is -3.27. The number of hydrogen-bond acceptors (Lipinski definition) is 4. The topological polar surface area (TPSA) is 68.5 Å². The van der Waals surface area contributed by atoms with Gasteiger partial charge in [-0.25, -0.2) is 12.8 Å². The van der Waals surface area contributed by atoms with Crippen molar-refractivity contribution in [2.24, 2.45) is 4.99 Å². The highest BCUT2D eigenvalue weighted by Crippen LogP contribution is 2.19. The van der Waals surface area contributed by atoms with Gasteiger partial charge in [-0.1, -0.05) is 36.5 Å². The third-order valence-electron chi connectivity index (χ3n) is 4.19. The molecule has 3 aromatic rings. The van der Waals surface area contributed by atoms with Gasteiger partial charge in [0.05, 0.1) is 27.3 Å². The highest BCUT2D eigenvalue weighted by atomic mass is 32.2. The van der Waals surface area contributed by atoms with Crippen LogP contribution >= 0.6 is 11.3 Å². The Labute approximate surface area is 166 Å². The van der Waals surface area contributed by atoms with Crippen LogP contribution in [-0.2, 0) is 27.6 Å². The zero-order valence-corrected chi connectivity index (χ0v) is 16.9. The summed E-state index contributed by atoms with van der Waals surface area (Å²) in [5, 5.41) is 0. The van der Waals surface area contributed by atoms with Crippen LogP contribution in [0.15, 0.2) is 65.0 Å². The smallest absolute Gasteiger partial charge is 0.252 e. The molecule has 0 radical (unpaired) electrons. The molecule has 146 valence electrons. The monoisotopic (exact) mass is 418 g/mol. The second kappa shape index (κ2) is 8.20. The summed E-state index contributed by atoms with van der Waals surface area (Å²) in [5.74, 6) is -0.688. The Hall–Kier alpha value is -2.58. The van der Waals surface area contributed by atoms with E-state index in [2.05, 4.69) is 11.6 Å². The maximum atomic E-state index is 13.5. The first-order chi connectivity index (χ1) is 13.3. The Morgan fingerprint density at radius 2 is 1.96 bits per heavy atom. The molecule has 0 aliphatic heterocycles. The highest BCUT2D eigenvalue weighted by Gasteiger charge is 2.12. The van der Waals surface area contributed by atoms with Gasteiger partial charge in [0.15, 0.2) is 14.6 Å². The molecule has 0 atom stereocenters. The molecule has 2 aromatic carbocycles. The van der Waals surface area contributed by atoms with E-state index in [0.29, 0.717) is 21.6 Å². The molecule has 8 heteroatoms. The Kier molecular flexibility index (Phi) is 5.90. The number of aromatic nitrogens is 1. The molecule has 0 fully saturated rings. The molecule has 0 aliphatic rings. The summed E-state index contributed by atoms with van der Waals surface area (Å²) in [6.07, 6.45) is 1.73. The lowest BCUT2D eigenvalue weighted by atomic mass is 10.1. The first-order valence-corrected chi connectivity index (χ1v) is 11.1. The zero-order valence-electron chi connectivity index (χ0n) is 15.3. The average Bonchev–Trinajstić information content (AvgIpc) is 2.98. The number of allylic oxidation sites excluding steroid dienone is 1. The van der Waals surface area contributed by atoms with Gasteiger partial charge in [-0.15, -0.1) is 6.58 Å². The fourth-order valence-corrected chi connectivity index (χ4v) is 4.71. The number of carbonyl (C=O) groups excluding carboxylic acids is 1. The van der Waals surface area contributed by atoms with E-state index in [-0.39, 0.29) is 28.8 Å². The normalized spacial score (nSPS) is 12.4. The fraction of sp³-hybridized carbons (Fsp3) is 0.200. The van der Waals surface area contributed by atoms with Crippen molar-refractivity contribution < 1.29 is 17.6 Å². The Bertz CT molecular complexity index is 1210. The van der Waals surface area contributed by atoms with Gasteiger partial charge in [-0.3, -0.25) is 4.79 Å². The number of fused-ring (bicyclic) bond motifs is 1. The maximum absolute atomic E-state index is 13.5. The van der Waals surface area contributed by atoms with Crippen molar-refractivity contribution >= 4 is 37.3 Å². The second-order valence-electron chi connectivity index (χ2n) is 6.13. The van der Waals surface area contributed by atoms with Crippen LogP contribution < -0.4 is 4.80 Å². The van der Waals surface area contributed by atoms with E-state index in [4.69, 9.17) is 0 Å². The molecule has 0 N–H and O–H groups in total. The summed E-state index contributed by atoms with van der Waals surface area (Å²) in [5.41, 5.74) is 1.46. The maximum Gasteiger partial charge on any atom is 0.252 e. The molecular formula is C20H19FN2O3S2. The molecule has 0 unspecified atom stereocenters. The Morgan fingerprint density at radius 3 is 2.61 bits per heavy atom. The largest absolute Gasteiger partial charge is 0.313 e. The van der Waals surface area contributed by atoms with Crippen LogP contribution in [0.5, 0.6) is 0 Å². The molecular weight excluding hydrogens is 399 g/mol. The molecule has 0 saturated carbocycles. The number of carbonyl (C=O) groups is 1. The minimum Gasteiger partial charge on any atom is -0.313 e. The van der Waals surface area contributed by atoms with Gasteiger partial charge in [0.1, 0.15) is 5.82 Å². The van der Waals surface area contributed by atoms with Crippen LogP contribution in [0.2, 0.25) is 0 Å². The number of rotatable bonds is 6. The van der Waals surface area contributed by atoms with E-state index in [0.717, 1.165) is 5.52 Å². The van der Waals surface area contributed by atoms with E-state index in [9.17, 15) is 17.6 Å². The van der Waals surface area contributed by atoms with E-state index in [1.165, 1.54) is 35.6 Å². The zero-order chi connectivity index (χ0) is 20.3. The molecule has 0 aliphatic carbocycles. The summed E-state index contributed by atoms with van der Waals surface area (Å²) < 4.78 is 39.7. The van der Waals surface area contributed by atoms with Crippen LogP contribution in [0.3, 0.4) is 0 Å². The molecule has 1 amide bonds. The molecule has 3 rings (SSSR count). The fourth-order valence-electron chi connectivity index (χ4n) is 2.74. The number of hydrogen-bond donors (Lipinski definition) is 0. The van der Waals surface area contributed by atoms with E-state index >= 15 is 0 Å². The number of thiazole rings is 1. The van der Waals surface area contributed by atoms with Crippen LogP contribution in [0, 0.1) is 5.82 Å². The quantitative estimate of drug-likeness (QED) is 0.576. The molecule has 1 heterocycles. The SMILES string of the molecule is C=CCn1c(=NC(=O)Cc2ccc(S(=O)(=O)CC)cc2)sc2cc(F)ccc21. The molecule has 1 aromatic heterocycles. The number of nitrogens with zero attached hydrogens (tertiary/aromatic N) is 2. The first-order valence-electron chi connectivity index (χ1n) is 8.63. The lowest BCUT2D eigenvalue weighted by molar-refractivity contribution is -0.117. The molecule has 0 spiro atoms. The van der Waals surface area contributed by atoms with E-state index in [1.54, 1.807) is 35.8 Å². The number of amides is 1. The van der Waals surface area contributed by atoms with Crippen LogP contribution in [0.4, 0.5) is 4.39 Å². The third kappa shape index (κ3) is 4.28. The van der Waals surface area contributed by atoms with Gasteiger partial charge >= 0.3 is 0 Å². The summed E-state index contributed by atoms with van der Waals surface area (Å²) in [7, 11) is -3.27. The molecule has 0 bridgehead atoms. The van der Waals surface area contributed by atoms with Crippen molar-refractivity contribution in [2.45, 2.75) is 24.8 Å². The van der Waals surface area contributed by atoms with Gasteiger partial charge < -0.3 is 4.57 Å². The third-order valence-corrected chi connectivity index (χ3v) is 6.99. The Balaban J connectivity index is 1.90. The van der Waals surface area contributed by atoms with Gasteiger partial charge in [0, 0.05) is 6.54 Å². The predicted octanol–water partition coefficient (Wildman–Crippen LogP) is 3.49. The minimum absolute atomic E-state index is 0.0243. The molecule has 0 saturated heterocycles.